The zero-order chi connectivity index (χ0) is 11.4. The summed E-state index contributed by atoms with van der Waals surface area (Å²) in [7, 11) is 4.91. The molecule has 82 valence electrons. The van der Waals surface area contributed by atoms with Gasteiger partial charge in [0.05, 0.1) is 13.5 Å². The van der Waals surface area contributed by atoms with Crippen LogP contribution in [-0.4, -0.2) is 39.9 Å². The Labute approximate surface area is 86.1 Å². The SMILES string of the molecule is C=C(C)C=NC.CNCCC(=O)OC. The Bertz CT molecular complexity index is 189. The van der Waals surface area contributed by atoms with Gasteiger partial charge in [0.2, 0.25) is 0 Å². The molecule has 0 aliphatic rings. The van der Waals surface area contributed by atoms with E-state index in [-0.39, 0.29) is 5.97 Å². The first-order valence-electron chi connectivity index (χ1n) is 4.37. The molecule has 0 rings (SSSR count). The highest BCUT2D eigenvalue weighted by atomic mass is 16.5. The quantitative estimate of drug-likeness (QED) is 0.545. The molecule has 0 bridgehead atoms. The fourth-order valence-corrected chi connectivity index (χ4v) is 0.550. The Morgan fingerprint density at radius 3 is 2.43 bits per heavy atom. The largest absolute Gasteiger partial charge is 0.469 e. The van der Waals surface area contributed by atoms with Crippen LogP contribution in [0.2, 0.25) is 0 Å². The van der Waals surface area contributed by atoms with Crippen molar-refractivity contribution in [1.82, 2.24) is 5.32 Å². The second-order valence-electron chi connectivity index (χ2n) is 2.66. The highest BCUT2D eigenvalue weighted by Gasteiger charge is 1.94. The average Bonchev–Trinajstić information content (AvgIpc) is 2.15. The van der Waals surface area contributed by atoms with E-state index >= 15 is 0 Å². The highest BCUT2D eigenvalue weighted by molar-refractivity contribution is 5.76. The normalized spacial score (nSPS) is 9.14. The number of hydrogen-bond acceptors (Lipinski definition) is 4. The third-order valence-corrected chi connectivity index (χ3v) is 1.16. The molecule has 1 N–H and O–H groups in total. The van der Waals surface area contributed by atoms with Gasteiger partial charge in [0, 0.05) is 19.8 Å². The van der Waals surface area contributed by atoms with Crippen molar-refractivity contribution >= 4 is 12.2 Å². The minimum atomic E-state index is -0.167. The zero-order valence-electron chi connectivity index (χ0n) is 9.46. The topological polar surface area (TPSA) is 50.7 Å². The highest BCUT2D eigenvalue weighted by Crippen LogP contribution is 1.78. The minimum absolute atomic E-state index is 0.167. The van der Waals surface area contributed by atoms with E-state index in [1.165, 1.54) is 7.11 Å². The van der Waals surface area contributed by atoms with Crippen LogP contribution in [-0.2, 0) is 9.53 Å². The monoisotopic (exact) mass is 200 g/mol. The number of carbonyl (C=O) groups excluding carboxylic acids is 1. The maximum Gasteiger partial charge on any atom is 0.306 e. The van der Waals surface area contributed by atoms with Crippen LogP contribution >= 0.6 is 0 Å². The molecule has 0 aromatic carbocycles. The Morgan fingerprint density at radius 1 is 1.64 bits per heavy atom. The van der Waals surface area contributed by atoms with E-state index in [2.05, 4.69) is 21.6 Å². The number of nitrogens with one attached hydrogen (secondary N) is 1. The summed E-state index contributed by atoms with van der Waals surface area (Å²) in [6.45, 7) is 6.19. The molecule has 14 heavy (non-hydrogen) atoms. The van der Waals surface area contributed by atoms with Crippen molar-refractivity contribution < 1.29 is 9.53 Å². The van der Waals surface area contributed by atoms with Gasteiger partial charge in [0.1, 0.15) is 0 Å². The molecule has 4 nitrogen and oxygen atoms in total. The zero-order valence-corrected chi connectivity index (χ0v) is 9.46. The Kier molecular flexibility index (Phi) is 13.0. The van der Waals surface area contributed by atoms with Crippen molar-refractivity contribution in [2.45, 2.75) is 13.3 Å². The van der Waals surface area contributed by atoms with Crippen LogP contribution in [0.1, 0.15) is 13.3 Å². The van der Waals surface area contributed by atoms with E-state index in [1.54, 1.807) is 20.3 Å². The summed E-state index contributed by atoms with van der Waals surface area (Å²) < 4.78 is 4.37. The van der Waals surface area contributed by atoms with Crippen LogP contribution in [0, 0.1) is 0 Å². The minimum Gasteiger partial charge on any atom is -0.469 e. The van der Waals surface area contributed by atoms with Crippen LogP contribution in [0.3, 0.4) is 0 Å². The molecule has 0 fully saturated rings. The standard InChI is InChI=1S/C5H11NO2.C5H9N/c1-6-4-3-5(7)8-2;1-5(2)4-6-3/h6H,3-4H2,1-2H3;4H,1H2,2-3H3. The van der Waals surface area contributed by atoms with Crippen LogP contribution in [0.25, 0.3) is 0 Å². The number of ether oxygens (including phenoxy) is 1. The van der Waals surface area contributed by atoms with Crippen LogP contribution in [0.15, 0.2) is 17.1 Å². The molecule has 0 aromatic rings. The van der Waals surface area contributed by atoms with Gasteiger partial charge in [-0.15, -0.1) is 0 Å². The molecule has 4 heteroatoms. The first-order valence-corrected chi connectivity index (χ1v) is 4.37. The number of rotatable bonds is 4. The summed E-state index contributed by atoms with van der Waals surface area (Å²) in [6.07, 6.45) is 2.17. The first-order chi connectivity index (χ1) is 6.58. The maximum atomic E-state index is 10.3. The van der Waals surface area contributed by atoms with Crippen molar-refractivity contribution in [2.24, 2.45) is 4.99 Å². The molecular weight excluding hydrogens is 180 g/mol. The van der Waals surface area contributed by atoms with Gasteiger partial charge in [0.15, 0.2) is 0 Å². The predicted molar refractivity (Wildman–Crippen MR) is 59.8 cm³/mol. The van der Waals surface area contributed by atoms with Gasteiger partial charge in [-0.25, -0.2) is 0 Å². The predicted octanol–water partition coefficient (Wildman–Crippen LogP) is 1.03. The van der Waals surface area contributed by atoms with Crippen molar-refractivity contribution in [3.05, 3.63) is 12.2 Å². The Balaban J connectivity index is 0. The molecule has 0 atom stereocenters. The van der Waals surface area contributed by atoms with Gasteiger partial charge >= 0.3 is 5.97 Å². The van der Waals surface area contributed by atoms with E-state index in [9.17, 15) is 4.79 Å². The summed E-state index contributed by atoms with van der Waals surface area (Å²) in [5, 5.41) is 2.83. The Hall–Kier alpha value is -1.16. The fraction of sp³-hybridized carbons (Fsp3) is 0.600. The van der Waals surface area contributed by atoms with Crippen LogP contribution in [0.5, 0.6) is 0 Å². The number of esters is 1. The molecule has 0 aliphatic carbocycles. The van der Waals surface area contributed by atoms with E-state index in [0.717, 1.165) is 5.57 Å². The van der Waals surface area contributed by atoms with E-state index in [0.29, 0.717) is 13.0 Å². The molecule has 0 saturated carbocycles. The fourth-order valence-electron chi connectivity index (χ4n) is 0.550. The number of hydrogen-bond donors (Lipinski definition) is 1. The maximum absolute atomic E-state index is 10.3. The number of nitrogens with zero attached hydrogens (tertiary/aromatic N) is 1. The summed E-state index contributed by atoms with van der Waals surface area (Å²) in [5.41, 5.74) is 0.998. The van der Waals surface area contributed by atoms with Crippen LogP contribution in [0.4, 0.5) is 0 Å². The lowest BCUT2D eigenvalue weighted by Gasteiger charge is -1.95. The van der Waals surface area contributed by atoms with Gasteiger partial charge in [0.25, 0.3) is 0 Å². The van der Waals surface area contributed by atoms with Crippen LogP contribution < -0.4 is 5.32 Å². The molecule has 0 aliphatic heterocycles. The third kappa shape index (κ3) is 17.1. The van der Waals surface area contributed by atoms with Gasteiger partial charge in [-0.3, -0.25) is 9.79 Å². The van der Waals surface area contributed by atoms with Crippen molar-refractivity contribution in [2.75, 3.05) is 27.7 Å². The summed E-state index contributed by atoms with van der Waals surface area (Å²) in [6, 6.07) is 0. The molecule has 0 heterocycles. The average molecular weight is 200 g/mol. The summed E-state index contributed by atoms with van der Waals surface area (Å²) in [5.74, 6) is -0.167. The molecule has 0 radical (unpaired) electrons. The molecule has 0 spiro atoms. The Morgan fingerprint density at radius 2 is 2.21 bits per heavy atom. The molecule has 0 amide bonds. The number of aliphatic imine (C=N–C) groups is 1. The van der Waals surface area contributed by atoms with E-state index < -0.39 is 0 Å². The number of allylic oxidation sites excluding steroid dienone is 1. The lowest BCUT2D eigenvalue weighted by molar-refractivity contribution is -0.140. The van der Waals surface area contributed by atoms with Crippen molar-refractivity contribution in [1.29, 1.82) is 0 Å². The van der Waals surface area contributed by atoms with Gasteiger partial charge in [-0.1, -0.05) is 6.58 Å². The molecule has 0 unspecified atom stereocenters. The van der Waals surface area contributed by atoms with Crippen molar-refractivity contribution in [3.8, 4) is 0 Å². The van der Waals surface area contributed by atoms with E-state index in [4.69, 9.17) is 0 Å². The first kappa shape index (κ1) is 15.3. The molecule has 0 aromatic heterocycles. The third-order valence-electron chi connectivity index (χ3n) is 1.16. The number of methoxy groups -OCH3 is 1. The number of carbonyl (C=O) groups is 1. The van der Waals surface area contributed by atoms with Gasteiger partial charge < -0.3 is 10.1 Å². The molecular formula is C10H20N2O2. The smallest absolute Gasteiger partial charge is 0.306 e. The second-order valence-corrected chi connectivity index (χ2v) is 2.66. The van der Waals surface area contributed by atoms with E-state index in [1.807, 2.05) is 6.92 Å². The summed E-state index contributed by atoms with van der Waals surface area (Å²) >= 11 is 0. The lowest BCUT2D eigenvalue weighted by Crippen LogP contribution is -2.13. The van der Waals surface area contributed by atoms with Gasteiger partial charge in [-0.05, 0) is 19.5 Å². The van der Waals surface area contributed by atoms with Gasteiger partial charge in [-0.2, -0.15) is 0 Å². The lowest BCUT2D eigenvalue weighted by atomic mass is 10.4. The van der Waals surface area contributed by atoms with Crippen molar-refractivity contribution in [3.63, 3.8) is 0 Å². The molecule has 0 saturated heterocycles. The summed E-state index contributed by atoms with van der Waals surface area (Å²) in [4.78, 5) is 14.0. The second kappa shape index (κ2) is 11.8.